The molecule has 1 aliphatic rings. The lowest BCUT2D eigenvalue weighted by atomic mass is 9.96. The molecule has 1 N–H and O–H groups in total. The van der Waals surface area contributed by atoms with Crippen LogP contribution in [-0.4, -0.2) is 35.1 Å². The van der Waals surface area contributed by atoms with Crippen molar-refractivity contribution in [1.82, 2.24) is 4.90 Å². The first kappa shape index (κ1) is 11.5. The van der Waals surface area contributed by atoms with Gasteiger partial charge < -0.3 is 10.0 Å². The Morgan fingerprint density at radius 3 is 2.57 bits per heavy atom. The third kappa shape index (κ3) is 2.71. The third-order valence-electron chi connectivity index (χ3n) is 2.91. The normalized spacial score (nSPS) is 24.8. The summed E-state index contributed by atoms with van der Waals surface area (Å²) >= 11 is 0. The first-order chi connectivity index (χ1) is 6.54. The molecule has 0 aliphatic carbocycles. The van der Waals surface area contributed by atoms with Gasteiger partial charge in [-0.3, -0.25) is 4.79 Å². The third-order valence-corrected chi connectivity index (χ3v) is 2.91. The van der Waals surface area contributed by atoms with Crippen LogP contribution in [0, 0.1) is 11.8 Å². The van der Waals surface area contributed by atoms with Crippen molar-refractivity contribution in [3.8, 4) is 0 Å². The van der Waals surface area contributed by atoms with E-state index in [-0.39, 0.29) is 12.5 Å². The van der Waals surface area contributed by atoms with Gasteiger partial charge in [0.25, 0.3) is 0 Å². The fourth-order valence-electron chi connectivity index (χ4n) is 2.11. The highest BCUT2D eigenvalue weighted by Gasteiger charge is 2.31. The molecule has 1 heterocycles. The molecular formula is C11H21NO2. The summed E-state index contributed by atoms with van der Waals surface area (Å²) in [7, 11) is 0. The van der Waals surface area contributed by atoms with Crippen LogP contribution < -0.4 is 0 Å². The van der Waals surface area contributed by atoms with Crippen LogP contribution in [0.2, 0.25) is 0 Å². The summed E-state index contributed by atoms with van der Waals surface area (Å²) < 4.78 is 0. The van der Waals surface area contributed by atoms with Crippen molar-refractivity contribution < 1.29 is 9.90 Å². The molecule has 14 heavy (non-hydrogen) atoms. The number of carbonyl (C=O) groups is 1. The summed E-state index contributed by atoms with van der Waals surface area (Å²) in [6, 6.07) is 0.317. The number of rotatable bonds is 4. The highest BCUT2D eigenvalue weighted by atomic mass is 16.3. The zero-order valence-corrected chi connectivity index (χ0v) is 9.36. The van der Waals surface area contributed by atoms with Gasteiger partial charge in [-0.25, -0.2) is 0 Å². The zero-order chi connectivity index (χ0) is 10.7. The summed E-state index contributed by atoms with van der Waals surface area (Å²) in [5.74, 6) is 1.04. The summed E-state index contributed by atoms with van der Waals surface area (Å²) in [6.45, 7) is 7.24. The Bertz CT molecular complexity index is 203. The molecule has 1 saturated heterocycles. The van der Waals surface area contributed by atoms with E-state index >= 15 is 0 Å². The standard InChI is InChI=1S/C11H21NO2/c1-8(2)12-6-10(5-11(12)14)4-9(3)7-13/h8-10,13H,4-7H2,1-3H3. The van der Waals surface area contributed by atoms with E-state index in [0.717, 1.165) is 13.0 Å². The highest BCUT2D eigenvalue weighted by molar-refractivity contribution is 5.78. The first-order valence-electron chi connectivity index (χ1n) is 5.45. The molecule has 1 aliphatic heterocycles. The Morgan fingerprint density at radius 1 is 1.50 bits per heavy atom. The van der Waals surface area contributed by atoms with Crippen molar-refractivity contribution >= 4 is 5.91 Å². The SMILES string of the molecule is CC(CO)CC1CC(=O)N(C(C)C)C1. The molecule has 1 fully saturated rings. The molecule has 3 nitrogen and oxygen atoms in total. The molecule has 1 amide bonds. The van der Waals surface area contributed by atoms with Gasteiger partial charge in [-0.2, -0.15) is 0 Å². The summed E-state index contributed by atoms with van der Waals surface area (Å²) in [5.41, 5.74) is 0. The molecule has 2 atom stereocenters. The molecule has 0 aromatic heterocycles. The molecule has 0 saturated carbocycles. The van der Waals surface area contributed by atoms with Gasteiger partial charge in [0.2, 0.25) is 5.91 Å². The molecule has 82 valence electrons. The summed E-state index contributed by atoms with van der Waals surface area (Å²) in [5, 5.41) is 8.94. The lowest BCUT2D eigenvalue weighted by Gasteiger charge is -2.21. The lowest BCUT2D eigenvalue weighted by molar-refractivity contribution is -0.129. The smallest absolute Gasteiger partial charge is 0.223 e. The number of likely N-dealkylation sites (tertiary alicyclic amines) is 1. The molecule has 1 rings (SSSR count). The van der Waals surface area contributed by atoms with Crippen molar-refractivity contribution in [2.45, 2.75) is 39.7 Å². The van der Waals surface area contributed by atoms with Gasteiger partial charge in [0.15, 0.2) is 0 Å². The molecule has 2 unspecified atom stereocenters. The van der Waals surface area contributed by atoms with Gasteiger partial charge in [0.1, 0.15) is 0 Å². The Hall–Kier alpha value is -0.570. The molecule has 0 radical (unpaired) electrons. The fraction of sp³-hybridized carbons (Fsp3) is 0.909. The van der Waals surface area contributed by atoms with E-state index in [1.54, 1.807) is 0 Å². The molecule has 0 spiro atoms. The number of amides is 1. The van der Waals surface area contributed by atoms with Crippen molar-refractivity contribution in [2.75, 3.05) is 13.2 Å². The minimum Gasteiger partial charge on any atom is -0.396 e. The maximum absolute atomic E-state index is 11.6. The van der Waals surface area contributed by atoms with Gasteiger partial charge in [-0.1, -0.05) is 6.92 Å². The van der Waals surface area contributed by atoms with Crippen LogP contribution in [0.5, 0.6) is 0 Å². The second kappa shape index (κ2) is 4.78. The van der Waals surface area contributed by atoms with Gasteiger partial charge in [-0.15, -0.1) is 0 Å². The predicted octanol–water partition coefficient (Wildman–Crippen LogP) is 1.26. The van der Waals surface area contributed by atoms with E-state index in [0.29, 0.717) is 24.3 Å². The molecule has 0 bridgehead atoms. The van der Waals surface area contributed by atoms with E-state index in [1.165, 1.54) is 0 Å². The Labute approximate surface area is 86.1 Å². The maximum atomic E-state index is 11.6. The van der Waals surface area contributed by atoms with Gasteiger partial charge in [0, 0.05) is 25.6 Å². The lowest BCUT2D eigenvalue weighted by Crippen LogP contribution is -2.32. The van der Waals surface area contributed by atoms with E-state index in [1.807, 2.05) is 11.8 Å². The number of aliphatic hydroxyl groups is 1. The number of aliphatic hydroxyl groups excluding tert-OH is 1. The van der Waals surface area contributed by atoms with Crippen molar-refractivity contribution in [3.63, 3.8) is 0 Å². The zero-order valence-electron chi connectivity index (χ0n) is 9.36. The van der Waals surface area contributed by atoms with Gasteiger partial charge in [-0.05, 0) is 32.1 Å². The average Bonchev–Trinajstić information content (AvgIpc) is 2.46. The molecular weight excluding hydrogens is 178 g/mol. The second-order valence-corrected chi connectivity index (χ2v) is 4.73. The monoisotopic (exact) mass is 199 g/mol. The average molecular weight is 199 g/mol. The molecule has 3 heteroatoms. The molecule has 0 aromatic rings. The summed E-state index contributed by atoms with van der Waals surface area (Å²) in [6.07, 6.45) is 1.63. The van der Waals surface area contributed by atoms with Crippen LogP contribution >= 0.6 is 0 Å². The van der Waals surface area contributed by atoms with Crippen LogP contribution in [-0.2, 0) is 4.79 Å². The quantitative estimate of drug-likeness (QED) is 0.740. The van der Waals surface area contributed by atoms with Crippen LogP contribution in [0.4, 0.5) is 0 Å². The van der Waals surface area contributed by atoms with Crippen molar-refractivity contribution in [1.29, 1.82) is 0 Å². The van der Waals surface area contributed by atoms with E-state index in [9.17, 15) is 4.79 Å². The van der Waals surface area contributed by atoms with E-state index < -0.39 is 0 Å². The van der Waals surface area contributed by atoms with Crippen molar-refractivity contribution in [3.05, 3.63) is 0 Å². The Kier molecular flexibility index (Phi) is 3.93. The minimum absolute atomic E-state index is 0.229. The van der Waals surface area contributed by atoms with Gasteiger partial charge in [0.05, 0.1) is 0 Å². The highest BCUT2D eigenvalue weighted by Crippen LogP contribution is 2.25. The minimum atomic E-state index is 0.229. The maximum Gasteiger partial charge on any atom is 0.223 e. The second-order valence-electron chi connectivity index (χ2n) is 4.73. The number of hydrogen-bond acceptors (Lipinski definition) is 2. The topological polar surface area (TPSA) is 40.5 Å². The Balaban J connectivity index is 2.42. The molecule has 0 aromatic carbocycles. The largest absolute Gasteiger partial charge is 0.396 e. The number of nitrogens with zero attached hydrogens (tertiary/aromatic N) is 1. The number of hydrogen-bond donors (Lipinski definition) is 1. The van der Waals surface area contributed by atoms with E-state index in [2.05, 4.69) is 13.8 Å². The number of carbonyl (C=O) groups excluding carboxylic acids is 1. The Morgan fingerprint density at radius 2 is 2.14 bits per heavy atom. The van der Waals surface area contributed by atoms with E-state index in [4.69, 9.17) is 5.11 Å². The van der Waals surface area contributed by atoms with Gasteiger partial charge >= 0.3 is 0 Å². The van der Waals surface area contributed by atoms with Crippen molar-refractivity contribution in [2.24, 2.45) is 11.8 Å². The van der Waals surface area contributed by atoms with Crippen LogP contribution in [0.15, 0.2) is 0 Å². The predicted molar refractivity (Wildman–Crippen MR) is 55.8 cm³/mol. The van der Waals surface area contributed by atoms with Crippen LogP contribution in [0.3, 0.4) is 0 Å². The van der Waals surface area contributed by atoms with Crippen LogP contribution in [0.25, 0.3) is 0 Å². The fourth-order valence-corrected chi connectivity index (χ4v) is 2.11. The first-order valence-corrected chi connectivity index (χ1v) is 5.45. The van der Waals surface area contributed by atoms with Crippen LogP contribution in [0.1, 0.15) is 33.6 Å². The summed E-state index contributed by atoms with van der Waals surface area (Å²) in [4.78, 5) is 13.5.